The number of anilines is 2. The zero-order valence-corrected chi connectivity index (χ0v) is 25.9. The molecule has 0 bridgehead atoms. The van der Waals surface area contributed by atoms with E-state index in [1.807, 2.05) is 0 Å². The van der Waals surface area contributed by atoms with Gasteiger partial charge in [0.2, 0.25) is 18.1 Å². The van der Waals surface area contributed by atoms with Crippen molar-refractivity contribution >= 4 is 53.5 Å². The highest BCUT2D eigenvalue weighted by molar-refractivity contribution is 6.30. The van der Waals surface area contributed by atoms with Crippen molar-refractivity contribution in [1.29, 1.82) is 0 Å². The molecule has 0 aliphatic carbocycles. The van der Waals surface area contributed by atoms with E-state index >= 15 is 0 Å². The maximum atomic E-state index is 14.8. The van der Waals surface area contributed by atoms with Gasteiger partial charge in [-0.3, -0.25) is 9.59 Å². The van der Waals surface area contributed by atoms with E-state index in [0.717, 1.165) is 12.0 Å². The average molecular weight is 635 g/mol. The molecule has 10 nitrogen and oxygen atoms in total. The van der Waals surface area contributed by atoms with Crippen LogP contribution in [-0.4, -0.2) is 55.6 Å². The van der Waals surface area contributed by atoms with Gasteiger partial charge in [0.25, 0.3) is 0 Å². The van der Waals surface area contributed by atoms with Gasteiger partial charge in [-0.1, -0.05) is 44.5 Å². The van der Waals surface area contributed by atoms with Gasteiger partial charge in [-0.2, -0.15) is 0 Å². The van der Waals surface area contributed by atoms with Gasteiger partial charge in [0.1, 0.15) is 17.4 Å². The van der Waals surface area contributed by atoms with Crippen molar-refractivity contribution in [2.75, 3.05) is 31.4 Å². The number of hydrogen-bond acceptors (Lipinski definition) is 8. The van der Waals surface area contributed by atoms with Crippen molar-refractivity contribution in [3.8, 4) is 5.75 Å². The van der Waals surface area contributed by atoms with Crippen molar-refractivity contribution in [1.82, 2.24) is 15.3 Å². The number of nitrogens with one attached hydrogen (secondary N) is 3. The fourth-order valence-corrected chi connectivity index (χ4v) is 5.43. The van der Waals surface area contributed by atoms with Gasteiger partial charge in [0.05, 0.1) is 30.5 Å². The molecule has 230 valence electrons. The van der Waals surface area contributed by atoms with E-state index in [2.05, 4.69) is 51.4 Å². The van der Waals surface area contributed by atoms with Crippen LogP contribution in [0.25, 0.3) is 0 Å². The summed E-state index contributed by atoms with van der Waals surface area (Å²) in [6.45, 7) is 7.04. The monoisotopic (exact) mass is 633 g/mol. The van der Waals surface area contributed by atoms with Gasteiger partial charge in [0.15, 0.2) is 0 Å². The standard InChI is InChI=1S/C20H23Cl2FN4O.C10H11NO4/c1-20(2,3)7-15-16(13-9-25-19(22)27-18(13)26-10-28)12(8-24-15)11-5-4-6-14(21)17(11)23;1-14-9-5-7(10(13)15-2)3-4-8(9)11-6-12/h4-6,9-10,12,15-16,24H,7-8H2,1-3H3,(H,25,26,27,28);3-6H,1-2H3,(H,11,12). The molecule has 1 saturated heterocycles. The normalized spacial score (nSPS) is 17.7. The van der Waals surface area contributed by atoms with Crippen molar-refractivity contribution in [2.45, 2.75) is 45.1 Å². The molecular weight excluding hydrogens is 600 g/mol. The smallest absolute Gasteiger partial charge is 0.337 e. The fraction of sp³-hybridized carbons (Fsp3) is 0.367. The molecule has 3 aromatic rings. The topological polar surface area (TPSA) is 132 Å². The zero-order valence-electron chi connectivity index (χ0n) is 24.4. The molecule has 3 unspecified atom stereocenters. The van der Waals surface area contributed by atoms with Crippen molar-refractivity contribution in [3.05, 3.63) is 75.4 Å². The molecule has 0 spiro atoms. The first-order valence-electron chi connectivity index (χ1n) is 13.3. The van der Waals surface area contributed by atoms with Crippen LogP contribution in [0.5, 0.6) is 5.75 Å². The van der Waals surface area contributed by atoms with Gasteiger partial charge < -0.3 is 25.4 Å². The molecule has 1 aliphatic rings. The third-order valence-electron chi connectivity index (χ3n) is 6.86. The zero-order chi connectivity index (χ0) is 31.7. The first kappa shape index (κ1) is 33.7. The van der Waals surface area contributed by atoms with E-state index in [0.29, 0.717) is 47.7 Å². The Bertz CT molecular complexity index is 1450. The Balaban J connectivity index is 0.000000285. The molecule has 4 rings (SSSR count). The van der Waals surface area contributed by atoms with E-state index in [9.17, 15) is 18.8 Å². The maximum Gasteiger partial charge on any atom is 0.337 e. The number of carbonyl (C=O) groups is 3. The van der Waals surface area contributed by atoms with E-state index in [1.165, 1.54) is 26.4 Å². The molecule has 0 saturated carbocycles. The van der Waals surface area contributed by atoms with Crippen LogP contribution >= 0.6 is 23.2 Å². The summed E-state index contributed by atoms with van der Waals surface area (Å²) in [6, 6.07) is 9.69. The molecule has 1 aliphatic heterocycles. The van der Waals surface area contributed by atoms with Crippen LogP contribution in [0.2, 0.25) is 10.3 Å². The Morgan fingerprint density at radius 3 is 2.47 bits per heavy atom. The van der Waals surface area contributed by atoms with Crippen LogP contribution in [0, 0.1) is 11.2 Å². The van der Waals surface area contributed by atoms with Gasteiger partial charge in [-0.05, 0) is 53.3 Å². The minimum absolute atomic E-state index is 0.0388. The van der Waals surface area contributed by atoms with Crippen LogP contribution in [-0.2, 0) is 14.3 Å². The number of benzene rings is 2. The number of amides is 2. The van der Waals surface area contributed by atoms with Gasteiger partial charge in [-0.15, -0.1) is 0 Å². The lowest BCUT2D eigenvalue weighted by Gasteiger charge is -2.30. The minimum Gasteiger partial charge on any atom is -0.495 e. The van der Waals surface area contributed by atoms with Crippen LogP contribution in [0.4, 0.5) is 15.9 Å². The first-order valence-corrected chi connectivity index (χ1v) is 14.1. The maximum absolute atomic E-state index is 14.8. The highest BCUT2D eigenvalue weighted by Crippen LogP contribution is 2.46. The minimum atomic E-state index is -0.453. The van der Waals surface area contributed by atoms with E-state index < -0.39 is 11.8 Å². The Morgan fingerprint density at radius 1 is 1.12 bits per heavy atom. The summed E-state index contributed by atoms with van der Waals surface area (Å²) in [6.07, 6.45) is 3.55. The highest BCUT2D eigenvalue weighted by atomic mass is 35.5. The lowest BCUT2D eigenvalue weighted by Crippen LogP contribution is -2.31. The molecule has 0 radical (unpaired) electrons. The van der Waals surface area contributed by atoms with Crippen molar-refractivity contribution in [2.24, 2.45) is 5.41 Å². The summed E-state index contributed by atoms with van der Waals surface area (Å²) in [7, 11) is 2.75. The van der Waals surface area contributed by atoms with E-state index in [1.54, 1.807) is 30.5 Å². The summed E-state index contributed by atoms with van der Waals surface area (Å²) in [5.41, 5.74) is 2.17. The van der Waals surface area contributed by atoms with Crippen molar-refractivity contribution in [3.63, 3.8) is 0 Å². The molecule has 2 heterocycles. The van der Waals surface area contributed by atoms with Crippen LogP contribution < -0.4 is 20.7 Å². The lowest BCUT2D eigenvalue weighted by atomic mass is 9.76. The Labute approximate surface area is 259 Å². The third-order valence-corrected chi connectivity index (χ3v) is 7.33. The van der Waals surface area contributed by atoms with Crippen LogP contribution in [0.1, 0.15) is 60.5 Å². The number of ether oxygens (including phenoxy) is 2. The summed E-state index contributed by atoms with van der Waals surface area (Å²) < 4.78 is 24.4. The molecule has 3 N–H and O–H groups in total. The third kappa shape index (κ3) is 8.62. The molecule has 2 amide bonds. The second kappa shape index (κ2) is 15.1. The summed E-state index contributed by atoms with van der Waals surface area (Å²) in [5.74, 6) is -0.474. The van der Waals surface area contributed by atoms with Gasteiger partial charge in [-0.25, -0.2) is 19.2 Å². The number of methoxy groups -OCH3 is 2. The number of aromatic nitrogens is 2. The summed E-state index contributed by atoms with van der Waals surface area (Å²) in [4.78, 5) is 40.8. The lowest BCUT2D eigenvalue weighted by molar-refractivity contribution is -0.106. The van der Waals surface area contributed by atoms with E-state index in [-0.39, 0.29) is 33.6 Å². The average Bonchev–Trinajstić information content (AvgIpc) is 3.36. The summed E-state index contributed by atoms with van der Waals surface area (Å²) >= 11 is 12.0. The Morgan fingerprint density at radius 2 is 1.84 bits per heavy atom. The fourth-order valence-electron chi connectivity index (χ4n) is 5.12. The summed E-state index contributed by atoms with van der Waals surface area (Å²) in [5, 5.41) is 8.72. The van der Waals surface area contributed by atoms with E-state index in [4.69, 9.17) is 27.9 Å². The molecule has 3 atom stereocenters. The number of hydrogen-bond donors (Lipinski definition) is 3. The molecule has 2 aromatic carbocycles. The number of esters is 1. The number of rotatable bonds is 9. The molecule has 43 heavy (non-hydrogen) atoms. The molecule has 13 heteroatoms. The van der Waals surface area contributed by atoms with Gasteiger partial charge in [0, 0.05) is 36.2 Å². The quantitative estimate of drug-likeness (QED) is 0.153. The highest BCUT2D eigenvalue weighted by Gasteiger charge is 2.42. The van der Waals surface area contributed by atoms with Crippen LogP contribution in [0.15, 0.2) is 42.6 Å². The Kier molecular flexibility index (Phi) is 11.8. The first-order chi connectivity index (χ1) is 20.4. The second-order valence-corrected chi connectivity index (χ2v) is 11.7. The largest absolute Gasteiger partial charge is 0.495 e. The predicted molar refractivity (Wildman–Crippen MR) is 164 cm³/mol. The number of nitrogens with zero attached hydrogens (tertiary/aromatic N) is 2. The molecular formula is C30H34Cl2FN5O5. The molecule has 1 aromatic heterocycles. The Hall–Kier alpha value is -3.80. The number of halogens is 3. The molecule has 1 fully saturated rings. The SMILES string of the molecule is CC(C)(C)CC1NCC(c2cccc(Cl)c2F)C1c1cnc(Cl)nc1NC=O.COC(=O)c1ccc(NC=O)c(OC)c1. The second-order valence-electron chi connectivity index (χ2n) is 10.9. The predicted octanol–water partition coefficient (Wildman–Crippen LogP) is 5.82. The van der Waals surface area contributed by atoms with Gasteiger partial charge >= 0.3 is 5.97 Å². The van der Waals surface area contributed by atoms with Crippen LogP contribution in [0.3, 0.4) is 0 Å². The number of carbonyl (C=O) groups excluding carboxylic acids is 3. The van der Waals surface area contributed by atoms with Crippen molar-refractivity contribution < 1.29 is 28.2 Å².